The fraction of sp³-hybridized carbons (Fsp3) is 0.579. The molecule has 1 aromatic rings. The van der Waals surface area contributed by atoms with Crippen molar-refractivity contribution in [3.8, 4) is 0 Å². The van der Waals surface area contributed by atoms with E-state index in [-0.39, 0.29) is 24.4 Å². The van der Waals surface area contributed by atoms with E-state index in [0.717, 1.165) is 32.2 Å². The van der Waals surface area contributed by atoms with Gasteiger partial charge in [-0.25, -0.2) is 0 Å². The number of piperidine rings is 1. The lowest BCUT2D eigenvalue weighted by Crippen LogP contribution is -2.49. The van der Waals surface area contributed by atoms with E-state index in [4.69, 9.17) is 0 Å². The zero-order valence-electron chi connectivity index (χ0n) is 14.5. The molecule has 1 aliphatic heterocycles. The van der Waals surface area contributed by atoms with Crippen molar-refractivity contribution in [2.45, 2.75) is 52.5 Å². The lowest BCUT2D eigenvalue weighted by molar-refractivity contribution is -0.137. The van der Waals surface area contributed by atoms with Gasteiger partial charge in [-0.1, -0.05) is 51.1 Å². The third-order valence-corrected chi connectivity index (χ3v) is 4.34. The van der Waals surface area contributed by atoms with E-state index < -0.39 is 5.41 Å². The molecule has 2 amide bonds. The zero-order chi connectivity index (χ0) is 16.9. The summed E-state index contributed by atoms with van der Waals surface area (Å²) in [5, 5.41) is 2.77. The van der Waals surface area contributed by atoms with Gasteiger partial charge in [-0.05, 0) is 31.2 Å². The molecule has 0 aliphatic carbocycles. The summed E-state index contributed by atoms with van der Waals surface area (Å²) in [7, 11) is 0. The first-order valence-corrected chi connectivity index (χ1v) is 8.49. The number of amides is 2. The van der Waals surface area contributed by atoms with Crippen LogP contribution in [-0.2, 0) is 16.0 Å². The van der Waals surface area contributed by atoms with E-state index in [1.54, 1.807) is 0 Å². The van der Waals surface area contributed by atoms with E-state index in [0.29, 0.717) is 0 Å². The second-order valence-corrected chi connectivity index (χ2v) is 7.36. The molecule has 1 heterocycles. The predicted molar refractivity (Wildman–Crippen MR) is 92.0 cm³/mol. The molecular weight excluding hydrogens is 288 g/mol. The van der Waals surface area contributed by atoms with Crippen LogP contribution in [0.2, 0.25) is 0 Å². The van der Waals surface area contributed by atoms with Crippen molar-refractivity contribution in [1.82, 2.24) is 10.2 Å². The number of rotatable bonds is 4. The van der Waals surface area contributed by atoms with Gasteiger partial charge in [0.25, 0.3) is 0 Å². The average molecular weight is 316 g/mol. The van der Waals surface area contributed by atoms with Crippen LogP contribution in [0.4, 0.5) is 0 Å². The summed E-state index contributed by atoms with van der Waals surface area (Å²) in [5.41, 5.74) is 0.793. The Hall–Kier alpha value is -1.84. The summed E-state index contributed by atoms with van der Waals surface area (Å²) in [6, 6.07) is 10.5. The van der Waals surface area contributed by atoms with Crippen LogP contribution in [0.15, 0.2) is 30.3 Å². The maximum absolute atomic E-state index is 12.5. The van der Waals surface area contributed by atoms with E-state index in [1.165, 1.54) is 5.56 Å². The van der Waals surface area contributed by atoms with Gasteiger partial charge in [0.1, 0.15) is 0 Å². The molecule has 23 heavy (non-hydrogen) atoms. The third-order valence-electron chi connectivity index (χ3n) is 4.34. The number of likely N-dealkylation sites (tertiary alicyclic amines) is 1. The average Bonchev–Trinajstić information content (AvgIpc) is 2.53. The highest BCUT2D eigenvalue weighted by molar-refractivity contribution is 5.87. The first-order chi connectivity index (χ1) is 10.9. The van der Waals surface area contributed by atoms with Gasteiger partial charge in [0.2, 0.25) is 11.8 Å². The first kappa shape index (κ1) is 17.5. The van der Waals surface area contributed by atoms with Crippen molar-refractivity contribution in [2.75, 3.05) is 13.1 Å². The minimum Gasteiger partial charge on any atom is -0.347 e. The minimum absolute atomic E-state index is 0.0308. The highest BCUT2D eigenvalue weighted by Gasteiger charge is 2.28. The Bertz CT molecular complexity index is 534. The van der Waals surface area contributed by atoms with Gasteiger partial charge in [-0.2, -0.15) is 0 Å². The van der Waals surface area contributed by atoms with E-state index >= 15 is 0 Å². The van der Waals surface area contributed by atoms with Gasteiger partial charge in [-0.3, -0.25) is 9.59 Å². The van der Waals surface area contributed by atoms with Gasteiger partial charge in [0, 0.05) is 18.0 Å². The summed E-state index contributed by atoms with van der Waals surface area (Å²) in [6.07, 6.45) is 4.13. The smallest absolute Gasteiger partial charge is 0.242 e. The van der Waals surface area contributed by atoms with Gasteiger partial charge in [0.05, 0.1) is 6.54 Å². The molecule has 0 aromatic heterocycles. The predicted octanol–water partition coefficient (Wildman–Crippen LogP) is 2.77. The number of carbonyl (C=O) groups is 2. The Morgan fingerprint density at radius 1 is 1.17 bits per heavy atom. The SMILES string of the molecule is CC(C)(C)C(=O)NCC(=O)N1CCCC[C@@H]1Cc1ccccc1. The van der Waals surface area contributed by atoms with Crippen LogP contribution in [0, 0.1) is 5.41 Å². The lowest BCUT2D eigenvalue weighted by Gasteiger charge is -2.36. The topological polar surface area (TPSA) is 49.4 Å². The molecule has 0 saturated carbocycles. The molecule has 1 atom stereocenters. The molecule has 4 heteroatoms. The summed E-state index contributed by atoms with van der Waals surface area (Å²) in [5.74, 6) is -0.0503. The van der Waals surface area contributed by atoms with Crippen LogP contribution in [0.3, 0.4) is 0 Å². The van der Waals surface area contributed by atoms with Crippen LogP contribution in [0.1, 0.15) is 45.6 Å². The molecule has 1 N–H and O–H groups in total. The molecule has 1 aliphatic rings. The number of hydrogen-bond acceptors (Lipinski definition) is 2. The molecule has 1 aromatic carbocycles. The lowest BCUT2D eigenvalue weighted by atomic mass is 9.95. The third kappa shape index (κ3) is 5.08. The Balaban J connectivity index is 1.95. The number of nitrogens with one attached hydrogen (secondary N) is 1. The van der Waals surface area contributed by atoms with E-state index in [1.807, 2.05) is 43.9 Å². The Kier molecular flexibility index (Phi) is 5.80. The molecule has 2 rings (SSSR count). The number of benzene rings is 1. The largest absolute Gasteiger partial charge is 0.347 e. The second-order valence-electron chi connectivity index (χ2n) is 7.36. The van der Waals surface area contributed by atoms with Gasteiger partial charge < -0.3 is 10.2 Å². The normalized spacial score (nSPS) is 18.6. The fourth-order valence-corrected chi connectivity index (χ4v) is 2.95. The van der Waals surface area contributed by atoms with Gasteiger partial charge >= 0.3 is 0 Å². The molecule has 0 spiro atoms. The van der Waals surface area contributed by atoms with Crippen molar-refractivity contribution in [3.05, 3.63) is 35.9 Å². The fourth-order valence-electron chi connectivity index (χ4n) is 2.95. The van der Waals surface area contributed by atoms with Crippen LogP contribution in [0.25, 0.3) is 0 Å². The van der Waals surface area contributed by atoms with Crippen molar-refractivity contribution in [1.29, 1.82) is 0 Å². The number of hydrogen-bond donors (Lipinski definition) is 1. The Morgan fingerprint density at radius 3 is 2.52 bits per heavy atom. The molecule has 0 unspecified atom stereocenters. The summed E-state index contributed by atoms with van der Waals surface area (Å²) in [6.45, 7) is 6.45. The molecule has 126 valence electrons. The summed E-state index contributed by atoms with van der Waals surface area (Å²) >= 11 is 0. The van der Waals surface area contributed by atoms with Crippen LogP contribution in [0.5, 0.6) is 0 Å². The maximum atomic E-state index is 12.5. The van der Waals surface area contributed by atoms with Crippen LogP contribution < -0.4 is 5.32 Å². The summed E-state index contributed by atoms with van der Waals surface area (Å²) < 4.78 is 0. The molecule has 0 radical (unpaired) electrons. The molecular formula is C19H28N2O2. The van der Waals surface area contributed by atoms with Crippen molar-refractivity contribution < 1.29 is 9.59 Å². The summed E-state index contributed by atoms with van der Waals surface area (Å²) in [4.78, 5) is 26.4. The minimum atomic E-state index is -0.467. The van der Waals surface area contributed by atoms with Crippen LogP contribution >= 0.6 is 0 Å². The molecule has 0 bridgehead atoms. The van der Waals surface area contributed by atoms with Gasteiger partial charge in [0.15, 0.2) is 0 Å². The second kappa shape index (κ2) is 7.62. The van der Waals surface area contributed by atoms with Crippen LogP contribution in [-0.4, -0.2) is 35.8 Å². The molecule has 1 saturated heterocycles. The quantitative estimate of drug-likeness (QED) is 0.928. The highest BCUT2D eigenvalue weighted by Crippen LogP contribution is 2.21. The van der Waals surface area contributed by atoms with Gasteiger partial charge in [-0.15, -0.1) is 0 Å². The molecule has 1 fully saturated rings. The Morgan fingerprint density at radius 2 is 1.87 bits per heavy atom. The molecule has 4 nitrogen and oxygen atoms in total. The number of carbonyl (C=O) groups excluding carboxylic acids is 2. The zero-order valence-corrected chi connectivity index (χ0v) is 14.5. The van der Waals surface area contributed by atoms with E-state index in [2.05, 4.69) is 17.4 Å². The van der Waals surface area contributed by atoms with Crippen molar-refractivity contribution in [2.24, 2.45) is 5.41 Å². The maximum Gasteiger partial charge on any atom is 0.242 e. The Labute approximate surface area is 139 Å². The monoisotopic (exact) mass is 316 g/mol. The van der Waals surface area contributed by atoms with E-state index in [9.17, 15) is 9.59 Å². The number of nitrogens with zero attached hydrogens (tertiary/aromatic N) is 1. The van der Waals surface area contributed by atoms with Crippen molar-refractivity contribution in [3.63, 3.8) is 0 Å². The highest BCUT2D eigenvalue weighted by atomic mass is 16.2. The first-order valence-electron chi connectivity index (χ1n) is 8.49. The van der Waals surface area contributed by atoms with Crippen molar-refractivity contribution >= 4 is 11.8 Å². The standard InChI is InChI=1S/C19H28N2O2/c1-19(2,3)18(23)20-14-17(22)21-12-8-7-11-16(21)13-15-9-5-4-6-10-15/h4-6,9-10,16H,7-8,11-14H2,1-3H3,(H,20,23)/t16-/m1/s1.